The number of carboxylic acid groups (broad SMARTS) is 4. The van der Waals surface area contributed by atoms with Crippen LogP contribution < -0.4 is 67.8 Å². The summed E-state index contributed by atoms with van der Waals surface area (Å²) in [6, 6.07) is 35.9. The molecule has 4 aliphatic rings. The molecule has 8 N–H and O–H groups in total. The van der Waals surface area contributed by atoms with Crippen LogP contribution in [0.25, 0.3) is 49.8 Å². The number of benzene rings is 4. The summed E-state index contributed by atoms with van der Waals surface area (Å²) in [5, 5.41) is 67.7. The number of halogens is 12. The molecule has 0 saturated carbocycles. The van der Waals surface area contributed by atoms with Gasteiger partial charge in [0.25, 0.3) is 22.2 Å². The molecule has 39 nitrogen and oxygen atoms in total. The summed E-state index contributed by atoms with van der Waals surface area (Å²) in [6.45, 7) is 17.7. The lowest BCUT2D eigenvalue weighted by molar-refractivity contribution is -0.193. The molecular weight excluding hydrogens is 1800 g/mol. The van der Waals surface area contributed by atoms with Crippen LogP contribution in [-0.2, 0) is 66.0 Å². The number of carbonyl (C=O) groups excluding carboxylic acids is 1. The van der Waals surface area contributed by atoms with E-state index in [9.17, 15) is 81.9 Å². The topological polar surface area (TPSA) is 471 Å². The molecule has 0 amide bonds. The van der Waals surface area contributed by atoms with E-state index in [-0.39, 0.29) is 34.6 Å². The third kappa shape index (κ3) is 27.2. The molecule has 4 fully saturated rings. The van der Waals surface area contributed by atoms with Gasteiger partial charge in [0.05, 0.1) is 68.9 Å². The zero-order chi connectivity index (χ0) is 97.9. The maximum atomic E-state index is 13.6. The van der Waals surface area contributed by atoms with Gasteiger partial charge in [-0.3, -0.25) is 28.5 Å². The minimum Gasteiger partial charge on any atom is -0.497 e. The lowest BCUT2D eigenvalue weighted by atomic mass is 10.1. The van der Waals surface area contributed by atoms with Gasteiger partial charge in [0.2, 0.25) is 23.8 Å². The Morgan fingerprint density at radius 3 is 1.19 bits per heavy atom. The van der Waals surface area contributed by atoms with Gasteiger partial charge >= 0.3 is 48.6 Å². The number of carbonyl (C=O) groups is 5. The molecule has 4 aliphatic heterocycles. The van der Waals surface area contributed by atoms with Crippen molar-refractivity contribution in [1.29, 1.82) is 5.26 Å². The first kappa shape index (κ1) is 102. The van der Waals surface area contributed by atoms with Crippen LogP contribution in [0.3, 0.4) is 0 Å². The number of anilines is 4. The number of aromatic nitrogens is 16. The van der Waals surface area contributed by atoms with Crippen LogP contribution in [0.5, 0.6) is 5.75 Å². The van der Waals surface area contributed by atoms with Gasteiger partial charge < -0.3 is 79.7 Å². The largest absolute Gasteiger partial charge is 0.497 e. The molecule has 8 aromatic heterocycles. The lowest BCUT2D eigenvalue weighted by Crippen LogP contribution is -2.44. The summed E-state index contributed by atoms with van der Waals surface area (Å²) in [4.78, 5) is 128. The van der Waals surface area contributed by atoms with Crippen LogP contribution in [0.4, 0.5) is 76.5 Å². The van der Waals surface area contributed by atoms with Crippen molar-refractivity contribution in [1.82, 2.24) is 98.6 Å². The summed E-state index contributed by atoms with van der Waals surface area (Å²) < 4.78 is 145. The number of methoxy groups -OCH3 is 1. The number of nitrogens with zero attached hydrogens (tertiary/aromatic N) is 21. The van der Waals surface area contributed by atoms with Gasteiger partial charge in [-0.15, -0.1) is 6.42 Å². The Hall–Kier alpha value is -15.4. The van der Waals surface area contributed by atoms with E-state index in [0.29, 0.717) is 92.9 Å². The third-order valence-corrected chi connectivity index (χ3v) is 19.7. The fourth-order valence-electron chi connectivity index (χ4n) is 13.3. The van der Waals surface area contributed by atoms with Crippen LogP contribution in [0.15, 0.2) is 165 Å². The number of terminal acetylenes is 1. The van der Waals surface area contributed by atoms with Gasteiger partial charge in [-0.05, 0) is 48.4 Å². The molecule has 12 heterocycles. The first-order valence-electron chi connectivity index (χ1n) is 40.2. The van der Waals surface area contributed by atoms with E-state index in [1.165, 1.54) is 18.7 Å². The minimum absolute atomic E-state index is 0.106. The van der Waals surface area contributed by atoms with Crippen LogP contribution in [-0.4, -0.2) is 264 Å². The number of nitriles is 1. The number of rotatable bonds is 16. The standard InChI is InChI=1S/C25H26N6O3.C23H21N7O.C14H20N6O.C13H16N6O.4C2HF3O2/c1-34-20-9-5-8-19(14-20)22(32)17-31-24(33)23-21(15-27-31)28-25(29-12-10-26-11-13-29)30(23)16-18-6-3-2-4-7-18;24-14-18-7-4-8-19(13-18)30-22(31)21-20(15-26-30)27-23(28-11-9-25-10-12-28)29(21)16-17-5-2-1-3-6-17;1-3-4-7-20-12-11(10-16-18(2)13(12)21)17-14(20)19-8-5-15-6-9-19;1-3-6-19-11-10(9-15-17(2)12(11)20)16-13(19)18-7-4-14-5-8-18;4*3-2(4,5)1(6)7/h2-9,14-15,26H,10-13,16-17H2,1H3;1-8,13,15,25H,9-12,16H2;3-4,10,15H,5-9H2,1-2H3;1,9,14H,4-8H2,2H3;4*(H,6,7). The van der Waals surface area contributed by atoms with Crippen molar-refractivity contribution < 1.29 is 102 Å². The number of ketones is 1. The Kier molecular flexibility index (Phi) is 35.5. The Labute approximate surface area is 750 Å². The monoisotopic (exact) mass is 1890 g/mol. The number of hydrogen-bond acceptors (Lipinski definition) is 27. The molecular formula is C83H87F12N25O14. The maximum Gasteiger partial charge on any atom is 0.490 e. The summed E-state index contributed by atoms with van der Waals surface area (Å²) in [6.07, 6.45) is -4.40. The van der Waals surface area contributed by atoms with Crippen molar-refractivity contribution in [3.05, 3.63) is 210 Å². The van der Waals surface area contributed by atoms with Gasteiger partial charge in [0.15, 0.2) is 5.78 Å². The summed E-state index contributed by atoms with van der Waals surface area (Å²) in [5.41, 5.74) is 7.25. The highest BCUT2D eigenvalue weighted by molar-refractivity contribution is 5.96. The second-order valence-corrected chi connectivity index (χ2v) is 28.8. The van der Waals surface area contributed by atoms with E-state index >= 15 is 0 Å². The normalized spacial score (nSPS) is 14.0. The van der Waals surface area contributed by atoms with Crippen LogP contribution in [0.1, 0.15) is 34.0 Å². The maximum absolute atomic E-state index is 13.6. The predicted octanol–water partition coefficient (Wildman–Crippen LogP) is 5.68. The number of allylic oxidation sites excluding steroid dienone is 2. The molecule has 16 rings (SSSR count). The number of aliphatic carboxylic acids is 4. The summed E-state index contributed by atoms with van der Waals surface area (Å²) >= 11 is 0. The fourth-order valence-corrected chi connectivity index (χ4v) is 13.3. The summed E-state index contributed by atoms with van der Waals surface area (Å²) in [7, 11) is 4.84. The molecule has 0 unspecified atom stereocenters. The van der Waals surface area contributed by atoms with Crippen LogP contribution in [0, 0.1) is 23.7 Å². The first-order chi connectivity index (χ1) is 63.6. The molecule has 4 aromatic carbocycles. The molecule has 12 aromatic rings. The number of Topliss-reactive ketones (excluding diaryl/α,β-unsaturated/α-hetero) is 1. The molecule has 0 atom stereocenters. The van der Waals surface area contributed by atoms with Crippen molar-refractivity contribution >= 4 is 97.6 Å². The molecule has 712 valence electrons. The zero-order valence-electron chi connectivity index (χ0n) is 71.6. The number of aryl methyl sites for hydroxylation is 2. The second kappa shape index (κ2) is 46.4. The number of hydrogen-bond donors (Lipinski definition) is 8. The number of alkyl halides is 12. The number of nitrogens with one attached hydrogen (secondary N) is 4. The van der Waals surface area contributed by atoms with Crippen LogP contribution >= 0.6 is 0 Å². The average molecular weight is 1890 g/mol. The lowest BCUT2D eigenvalue weighted by Gasteiger charge is -2.28. The second-order valence-electron chi connectivity index (χ2n) is 28.8. The van der Waals surface area contributed by atoms with Gasteiger partial charge in [-0.25, -0.2) is 53.2 Å². The Morgan fingerprint density at radius 2 is 0.813 bits per heavy atom. The fraction of sp³-hybridized carbons (Fsp3) is 0.349. The minimum atomic E-state index is -5.08. The van der Waals surface area contributed by atoms with E-state index < -0.39 is 48.6 Å². The molecule has 134 heavy (non-hydrogen) atoms. The van der Waals surface area contributed by atoms with Gasteiger partial charge in [-0.2, -0.15) is 83.0 Å². The summed E-state index contributed by atoms with van der Waals surface area (Å²) in [5.74, 6) is -4.92. The van der Waals surface area contributed by atoms with Crippen molar-refractivity contribution in [2.24, 2.45) is 14.1 Å². The molecule has 51 heteroatoms. The van der Waals surface area contributed by atoms with E-state index in [4.69, 9.17) is 60.7 Å². The average Bonchev–Trinajstić information content (AvgIpc) is 1.62. The highest BCUT2D eigenvalue weighted by atomic mass is 19.4. The van der Waals surface area contributed by atoms with Crippen molar-refractivity contribution in [2.45, 2.75) is 64.4 Å². The van der Waals surface area contributed by atoms with Crippen molar-refractivity contribution in [3.63, 3.8) is 0 Å². The van der Waals surface area contributed by atoms with Crippen molar-refractivity contribution in [2.75, 3.05) is 131 Å². The smallest absolute Gasteiger partial charge is 0.490 e. The SMILES string of the molecule is C#CCn1c(N2CCNCC2)nc2cnn(C)c(=O)c21.CC=CCn1c(N2CCNCC2)nc2cnn(C)c(=O)c21.COc1cccc(C(=O)Cn2ncc3nc(N4CCNCC4)n(Cc4ccccc4)c3c2=O)c1.N#Cc1cccc(-n2ncc3nc(N4CCNCC4)n(Cc4ccccc4)c3c2=O)c1.O=C(O)C(F)(F)F.O=C(O)C(F)(F)F.O=C(O)C(F)(F)F.O=C(O)C(F)(F)F. The van der Waals surface area contributed by atoms with E-state index in [2.05, 4.69) is 83.2 Å². The zero-order valence-corrected chi connectivity index (χ0v) is 71.6. The molecule has 0 spiro atoms. The number of ether oxygens (including phenoxy) is 1. The predicted molar refractivity (Wildman–Crippen MR) is 462 cm³/mol. The molecule has 4 saturated heterocycles. The number of imidazole rings is 4. The quantitative estimate of drug-likeness (QED) is 0.0250. The third-order valence-electron chi connectivity index (χ3n) is 19.7. The molecule has 0 radical (unpaired) electrons. The van der Waals surface area contributed by atoms with E-state index in [0.717, 1.165) is 140 Å². The Morgan fingerprint density at radius 1 is 0.463 bits per heavy atom. The van der Waals surface area contributed by atoms with E-state index in [1.807, 2.05) is 98.0 Å². The first-order valence-corrected chi connectivity index (χ1v) is 40.2. The van der Waals surface area contributed by atoms with Gasteiger partial charge in [0, 0.05) is 131 Å². The van der Waals surface area contributed by atoms with Gasteiger partial charge in [-0.1, -0.05) is 96.9 Å². The van der Waals surface area contributed by atoms with E-state index in [1.54, 1.807) is 94.5 Å². The number of carboxylic acids is 4. The van der Waals surface area contributed by atoms with Gasteiger partial charge in [0.1, 0.15) is 56.4 Å². The molecule has 0 aliphatic carbocycles. The molecule has 0 bridgehead atoms. The Balaban J connectivity index is 0.000000185. The van der Waals surface area contributed by atoms with Crippen LogP contribution in [0.2, 0.25) is 0 Å². The highest BCUT2D eigenvalue weighted by Crippen LogP contribution is 2.28. The Bertz CT molecular complexity index is 6370. The number of fused-ring (bicyclic) bond motifs is 4. The number of piperazine rings is 4. The highest BCUT2D eigenvalue weighted by Gasteiger charge is 2.41. The van der Waals surface area contributed by atoms with Crippen molar-refractivity contribution in [3.8, 4) is 29.8 Å².